The Kier molecular flexibility index (Phi) is 7.26. The molecule has 34 heavy (non-hydrogen) atoms. The van der Waals surface area contributed by atoms with Crippen molar-refractivity contribution < 1.29 is 13.9 Å². The zero-order valence-corrected chi connectivity index (χ0v) is 20.5. The molecule has 0 amide bonds. The minimum absolute atomic E-state index is 0.0892. The molecule has 0 aliphatic carbocycles. The Labute approximate surface area is 207 Å². The molecule has 0 saturated heterocycles. The molecule has 3 heterocycles. The first-order valence-electron chi connectivity index (χ1n) is 10.8. The Morgan fingerprint density at radius 2 is 1.85 bits per heavy atom. The number of ether oxygens (including phenoxy) is 2. The van der Waals surface area contributed by atoms with Crippen LogP contribution in [0.3, 0.4) is 0 Å². The Morgan fingerprint density at radius 1 is 1.15 bits per heavy atom. The van der Waals surface area contributed by atoms with Crippen LogP contribution in [0.4, 0.5) is 10.2 Å². The van der Waals surface area contributed by atoms with E-state index in [1.807, 2.05) is 6.07 Å². The van der Waals surface area contributed by atoms with Crippen molar-refractivity contribution >= 4 is 34.6 Å². The highest BCUT2D eigenvalue weighted by molar-refractivity contribution is 6.36. The van der Waals surface area contributed by atoms with Crippen LogP contribution in [0.1, 0.15) is 31.2 Å². The molecule has 1 aliphatic rings. The molecule has 0 spiro atoms. The van der Waals surface area contributed by atoms with E-state index >= 15 is 0 Å². The number of halogens is 3. The Bertz CT molecular complexity index is 1250. The molecule has 2 aromatic heterocycles. The van der Waals surface area contributed by atoms with E-state index in [0.29, 0.717) is 28.0 Å². The van der Waals surface area contributed by atoms with Crippen LogP contribution >= 0.6 is 23.2 Å². The van der Waals surface area contributed by atoms with Gasteiger partial charge < -0.3 is 20.5 Å². The third-order valence-electron chi connectivity index (χ3n) is 5.80. The summed E-state index contributed by atoms with van der Waals surface area (Å²) in [5, 5.41) is 3.55. The average Bonchev–Trinajstić information content (AvgIpc) is 2.83. The minimum Gasteiger partial charge on any atom is -0.494 e. The van der Waals surface area contributed by atoms with E-state index in [-0.39, 0.29) is 10.8 Å². The van der Waals surface area contributed by atoms with Gasteiger partial charge in [0.15, 0.2) is 11.6 Å². The molecule has 0 radical (unpaired) electrons. The highest BCUT2D eigenvalue weighted by atomic mass is 35.5. The largest absolute Gasteiger partial charge is 0.494 e. The van der Waals surface area contributed by atoms with Crippen molar-refractivity contribution in [1.82, 2.24) is 15.3 Å². The van der Waals surface area contributed by atoms with Crippen LogP contribution < -0.4 is 20.5 Å². The molecule has 1 aliphatic heterocycles. The number of anilines is 1. The lowest BCUT2D eigenvalue weighted by Gasteiger charge is -2.23. The van der Waals surface area contributed by atoms with Gasteiger partial charge in [-0.1, -0.05) is 36.2 Å². The molecule has 3 aromatic rings. The van der Waals surface area contributed by atoms with Crippen molar-refractivity contribution in [2.24, 2.45) is 5.92 Å². The van der Waals surface area contributed by atoms with Crippen LogP contribution in [0.5, 0.6) is 11.5 Å². The van der Waals surface area contributed by atoms with Crippen LogP contribution in [0.2, 0.25) is 10.0 Å². The molecule has 1 unspecified atom stereocenters. The number of aromatic nitrogens is 2. The lowest BCUT2D eigenvalue weighted by Crippen LogP contribution is -2.27. The van der Waals surface area contributed by atoms with Gasteiger partial charge in [-0.15, -0.1) is 0 Å². The van der Waals surface area contributed by atoms with E-state index in [1.165, 1.54) is 12.1 Å². The second-order valence-corrected chi connectivity index (χ2v) is 8.90. The van der Waals surface area contributed by atoms with E-state index in [1.54, 1.807) is 32.5 Å². The highest BCUT2D eigenvalue weighted by Crippen LogP contribution is 2.38. The number of nitrogens with two attached hydrogens (primary N) is 1. The second-order valence-electron chi connectivity index (χ2n) is 8.12. The van der Waals surface area contributed by atoms with E-state index < -0.39 is 11.9 Å². The molecular weight excluding hydrogens is 478 g/mol. The maximum Gasteiger partial charge on any atom is 0.166 e. The molecule has 1 aromatic carbocycles. The number of rotatable bonds is 6. The summed E-state index contributed by atoms with van der Waals surface area (Å²) >= 11 is 12.4. The summed E-state index contributed by atoms with van der Waals surface area (Å²) < 4.78 is 25.6. The fourth-order valence-electron chi connectivity index (χ4n) is 3.97. The third-order valence-corrected chi connectivity index (χ3v) is 6.51. The lowest BCUT2D eigenvalue weighted by molar-refractivity contribution is 0.227. The molecule has 4 rings (SSSR count). The van der Waals surface area contributed by atoms with Gasteiger partial charge in [0.05, 0.1) is 12.1 Å². The maximum atomic E-state index is 14.0. The van der Waals surface area contributed by atoms with E-state index in [4.69, 9.17) is 43.4 Å². The van der Waals surface area contributed by atoms with Gasteiger partial charge in [-0.25, -0.2) is 9.37 Å². The number of nitrogens with one attached hydrogen (secondary N) is 1. The summed E-state index contributed by atoms with van der Waals surface area (Å²) in [6.45, 7) is 5.55. The second kappa shape index (κ2) is 10.2. The topological polar surface area (TPSA) is 82.3 Å². The Hall–Kier alpha value is -2.87. The predicted octanol–water partition coefficient (Wildman–Crippen LogP) is 5.94. The van der Waals surface area contributed by atoms with Gasteiger partial charge in [-0.3, -0.25) is 4.98 Å². The van der Waals surface area contributed by atoms with Gasteiger partial charge in [0.1, 0.15) is 23.4 Å². The van der Waals surface area contributed by atoms with Crippen molar-refractivity contribution in [1.29, 1.82) is 0 Å². The van der Waals surface area contributed by atoms with Crippen LogP contribution in [-0.4, -0.2) is 30.2 Å². The van der Waals surface area contributed by atoms with Crippen molar-refractivity contribution in [2.45, 2.75) is 20.0 Å². The van der Waals surface area contributed by atoms with Crippen molar-refractivity contribution in [2.75, 3.05) is 25.9 Å². The minimum atomic E-state index is -0.668. The molecule has 9 heteroatoms. The number of methoxy groups -OCH3 is 1. The average molecular weight is 503 g/mol. The van der Waals surface area contributed by atoms with Crippen LogP contribution in [0.25, 0.3) is 16.7 Å². The quantitative estimate of drug-likeness (QED) is 0.405. The summed E-state index contributed by atoms with van der Waals surface area (Å²) in [6, 6.07) is 6.32. The summed E-state index contributed by atoms with van der Waals surface area (Å²) in [5.74, 6) is 0.919. The van der Waals surface area contributed by atoms with Gasteiger partial charge >= 0.3 is 0 Å². The Morgan fingerprint density at radius 3 is 2.56 bits per heavy atom. The summed E-state index contributed by atoms with van der Waals surface area (Å²) in [4.78, 5) is 8.96. The van der Waals surface area contributed by atoms with Gasteiger partial charge in [0, 0.05) is 47.2 Å². The van der Waals surface area contributed by atoms with Gasteiger partial charge in [-0.05, 0) is 42.7 Å². The van der Waals surface area contributed by atoms with E-state index in [2.05, 4.69) is 23.3 Å². The standard InChI is InChI=1S/C25H25Cl2FN4O2/c1-13-10-30-7-6-17(13)24-20(33-3)8-15(11-31-24)16-9-21(25(29)32-12-16)34-14(2)22-18(26)4-5-19(28)23(22)27/h4-6,8-9,11-14,30H,7,10H2,1-3H3,(H2,29,32)/t13?,14-/m1/s1. The van der Waals surface area contributed by atoms with E-state index in [0.717, 1.165) is 35.5 Å². The van der Waals surface area contributed by atoms with Crippen molar-refractivity contribution in [3.05, 3.63) is 69.9 Å². The number of hydrogen-bond donors (Lipinski definition) is 2. The number of hydrogen-bond acceptors (Lipinski definition) is 6. The highest BCUT2D eigenvalue weighted by Gasteiger charge is 2.22. The molecule has 0 bridgehead atoms. The first-order chi connectivity index (χ1) is 16.3. The molecular formula is C25H25Cl2FN4O2. The van der Waals surface area contributed by atoms with Crippen molar-refractivity contribution in [3.8, 4) is 22.6 Å². The third kappa shape index (κ3) is 4.82. The number of nitrogens with zero attached hydrogens (tertiary/aromatic N) is 2. The number of nitrogen functional groups attached to an aromatic ring is 1. The van der Waals surface area contributed by atoms with E-state index in [9.17, 15) is 4.39 Å². The van der Waals surface area contributed by atoms with Gasteiger partial charge in [0.25, 0.3) is 0 Å². The Balaban J connectivity index is 1.66. The molecule has 178 valence electrons. The van der Waals surface area contributed by atoms with Gasteiger partial charge in [0.2, 0.25) is 0 Å². The SMILES string of the molecule is COc1cc(-c2cnc(N)c(O[C@H](C)c3c(Cl)ccc(F)c3Cl)c2)cnc1C1=CCNCC1C. The molecule has 0 fully saturated rings. The smallest absolute Gasteiger partial charge is 0.166 e. The number of benzene rings is 1. The normalized spacial score (nSPS) is 16.6. The van der Waals surface area contributed by atoms with Crippen LogP contribution in [-0.2, 0) is 0 Å². The zero-order valence-electron chi connectivity index (χ0n) is 19.0. The van der Waals surface area contributed by atoms with Gasteiger partial charge in [-0.2, -0.15) is 0 Å². The maximum absolute atomic E-state index is 14.0. The lowest BCUT2D eigenvalue weighted by atomic mass is 9.93. The first kappa shape index (κ1) is 24.3. The molecule has 6 nitrogen and oxygen atoms in total. The summed E-state index contributed by atoms with van der Waals surface area (Å²) in [7, 11) is 1.63. The fraction of sp³-hybridized carbons (Fsp3) is 0.280. The fourth-order valence-corrected chi connectivity index (χ4v) is 4.65. The monoisotopic (exact) mass is 502 g/mol. The molecule has 0 saturated carbocycles. The molecule has 3 N–H and O–H groups in total. The van der Waals surface area contributed by atoms with Crippen LogP contribution in [0, 0.1) is 11.7 Å². The molecule has 2 atom stereocenters. The summed E-state index contributed by atoms with van der Waals surface area (Å²) in [6.07, 6.45) is 4.88. The summed E-state index contributed by atoms with van der Waals surface area (Å²) in [5.41, 5.74) is 9.90. The first-order valence-corrected chi connectivity index (χ1v) is 11.6. The number of pyridine rings is 2. The van der Waals surface area contributed by atoms with Crippen LogP contribution in [0.15, 0.2) is 42.7 Å². The van der Waals surface area contributed by atoms with Crippen molar-refractivity contribution in [3.63, 3.8) is 0 Å². The predicted molar refractivity (Wildman–Crippen MR) is 134 cm³/mol. The zero-order chi connectivity index (χ0) is 24.4.